The molecule has 0 aliphatic heterocycles. The van der Waals surface area contributed by atoms with Gasteiger partial charge in [0.25, 0.3) is 0 Å². The summed E-state index contributed by atoms with van der Waals surface area (Å²) in [5.41, 5.74) is 5.38. The Morgan fingerprint density at radius 2 is 1.96 bits per heavy atom. The molecule has 0 spiro atoms. The number of benzene rings is 2. The first kappa shape index (κ1) is 17.8. The first-order valence-electron chi connectivity index (χ1n) is 9.10. The highest BCUT2D eigenvalue weighted by Crippen LogP contribution is 2.28. The molecule has 4 rings (SSSR count). The summed E-state index contributed by atoms with van der Waals surface area (Å²) in [7, 11) is 1.62. The predicted octanol–water partition coefficient (Wildman–Crippen LogP) is 4.50. The Bertz CT molecular complexity index is 1150. The van der Waals surface area contributed by atoms with E-state index in [0.717, 1.165) is 39.5 Å². The fraction of sp³-hybridized carbons (Fsp3) is 0.130. The Labute approximate surface area is 163 Å². The fourth-order valence-corrected chi connectivity index (χ4v) is 3.26. The number of amides is 1. The number of aryl methyl sites for hydroxylation is 1. The zero-order valence-electron chi connectivity index (χ0n) is 15.8. The molecule has 1 N–H and O–H groups in total. The van der Waals surface area contributed by atoms with Gasteiger partial charge in [-0.15, -0.1) is 0 Å². The van der Waals surface area contributed by atoms with E-state index in [2.05, 4.69) is 5.32 Å². The summed E-state index contributed by atoms with van der Waals surface area (Å²) in [6.07, 6.45) is 4.23. The van der Waals surface area contributed by atoms with Crippen LogP contribution in [-0.2, 0) is 11.2 Å². The van der Waals surface area contributed by atoms with Gasteiger partial charge in [0.15, 0.2) is 0 Å². The topological polar surface area (TPSA) is 55.6 Å². The number of fused-ring (bicyclic) bond motifs is 1. The number of rotatable bonds is 5. The highest BCUT2D eigenvalue weighted by Gasteiger charge is 2.12. The quantitative estimate of drug-likeness (QED) is 0.562. The van der Waals surface area contributed by atoms with E-state index in [0.29, 0.717) is 0 Å². The van der Waals surface area contributed by atoms with Crippen molar-refractivity contribution in [2.75, 3.05) is 12.4 Å². The van der Waals surface area contributed by atoms with Gasteiger partial charge in [-0.25, -0.2) is 4.98 Å². The Kier molecular flexibility index (Phi) is 4.81. The van der Waals surface area contributed by atoms with Gasteiger partial charge in [0, 0.05) is 18.0 Å². The normalized spacial score (nSPS) is 10.8. The second kappa shape index (κ2) is 7.56. The first-order valence-corrected chi connectivity index (χ1v) is 9.10. The van der Waals surface area contributed by atoms with Crippen LogP contribution in [0, 0.1) is 6.92 Å². The first-order chi connectivity index (χ1) is 13.6. The van der Waals surface area contributed by atoms with Gasteiger partial charge in [0.05, 0.1) is 24.9 Å². The van der Waals surface area contributed by atoms with Crippen molar-refractivity contribution in [1.29, 1.82) is 0 Å². The van der Waals surface area contributed by atoms with E-state index >= 15 is 0 Å². The molecule has 0 radical (unpaired) electrons. The Morgan fingerprint density at radius 3 is 2.79 bits per heavy atom. The molecule has 0 fully saturated rings. The number of pyridine rings is 1. The summed E-state index contributed by atoms with van der Waals surface area (Å²) < 4.78 is 7.23. The summed E-state index contributed by atoms with van der Waals surface area (Å²) in [5, 5.41) is 3.02. The molecular formula is C23H21N3O2. The molecule has 0 saturated carbocycles. The van der Waals surface area contributed by atoms with Crippen LogP contribution in [0.3, 0.4) is 0 Å². The number of aromatic nitrogens is 2. The van der Waals surface area contributed by atoms with Crippen molar-refractivity contribution < 1.29 is 9.53 Å². The van der Waals surface area contributed by atoms with E-state index in [9.17, 15) is 4.79 Å². The molecule has 5 nitrogen and oxygen atoms in total. The van der Waals surface area contributed by atoms with Crippen molar-refractivity contribution in [2.24, 2.45) is 0 Å². The third-order valence-corrected chi connectivity index (χ3v) is 4.65. The van der Waals surface area contributed by atoms with Crippen LogP contribution >= 0.6 is 0 Å². The maximum atomic E-state index is 12.6. The molecule has 0 bridgehead atoms. The molecule has 0 aliphatic carbocycles. The number of carbonyl (C=O) groups is 1. The lowest BCUT2D eigenvalue weighted by Gasteiger charge is -2.10. The summed E-state index contributed by atoms with van der Waals surface area (Å²) in [6, 6.07) is 19.3. The Morgan fingerprint density at radius 1 is 1.11 bits per heavy atom. The van der Waals surface area contributed by atoms with Crippen molar-refractivity contribution in [3.8, 4) is 17.0 Å². The van der Waals surface area contributed by atoms with Crippen LogP contribution in [0.15, 0.2) is 73.1 Å². The van der Waals surface area contributed by atoms with E-state index in [1.165, 1.54) is 0 Å². The number of para-hydroxylation sites is 1. The van der Waals surface area contributed by atoms with Crippen LogP contribution in [-0.4, -0.2) is 22.4 Å². The van der Waals surface area contributed by atoms with Crippen LogP contribution in [0.4, 0.5) is 5.69 Å². The van der Waals surface area contributed by atoms with Crippen molar-refractivity contribution in [3.63, 3.8) is 0 Å². The molecular weight excluding hydrogens is 350 g/mol. The molecule has 0 atom stereocenters. The van der Waals surface area contributed by atoms with E-state index < -0.39 is 0 Å². The van der Waals surface area contributed by atoms with Gasteiger partial charge >= 0.3 is 0 Å². The number of ether oxygens (including phenoxy) is 1. The molecule has 28 heavy (non-hydrogen) atoms. The number of carbonyl (C=O) groups excluding carboxylic acids is 1. The van der Waals surface area contributed by atoms with Crippen molar-refractivity contribution >= 4 is 17.2 Å². The van der Waals surface area contributed by atoms with Gasteiger partial charge in [0.2, 0.25) is 5.91 Å². The molecule has 0 aliphatic rings. The largest absolute Gasteiger partial charge is 0.497 e. The molecule has 2 aromatic heterocycles. The van der Waals surface area contributed by atoms with Crippen molar-refractivity contribution in [3.05, 3.63) is 84.2 Å². The number of anilines is 1. The second-order valence-electron chi connectivity index (χ2n) is 6.67. The zero-order chi connectivity index (χ0) is 19.5. The lowest BCUT2D eigenvalue weighted by Crippen LogP contribution is -2.15. The number of nitrogens with zero attached hydrogens (tertiary/aromatic N) is 2. The average molecular weight is 371 g/mol. The highest BCUT2D eigenvalue weighted by molar-refractivity contribution is 5.96. The minimum atomic E-state index is -0.0827. The van der Waals surface area contributed by atoms with Crippen LogP contribution in [0.5, 0.6) is 5.75 Å². The van der Waals surface area contributed by atoms with Gasteiger partial charge in [0.1, 0.15) is 11.4 Å². The van der Waals surface area contributed by atoms with Crippen molar-refractivity contribution in [2.45, 2.75) is 13.3 Å². The van der Waals surface area contributed by atoms with Crippen LogP contribution < -0.4 is 10.1 Å². The molecule has 2 aromatic carbocycles. The molecule has 1 amide bonds. The van der Waals surface area contributed by atoms with Crippen molar-refractivity contribution in [1.82, 2.24) is 9.38 Å². The molecule has 0 saturated heterocycles. The summed E-state index contributed by atoms with van der Waals surface area (Å²) in [5.74, 6) is 0.659. The number of hydrogen-bond acceptors (Lipinski definition) is 3. The Hall–Kier alpha value is -3.60. The molecule has 140 valence electrons. The van der Waals surface area contributed by atoms with E-state index in [1.807, 2.05) is 84.4 Å². The van der Waals surface area contributed by atoms with Gasteiger partial charge in [-0.3, -0.25) is 4.79 Å². The van der Waals surface area contributed by atoms with Crippen LogP contribution in [0.1, 0.15) is 11.1 Å². The highest BCUT2D eigenvalue weighted by atomic mass is 16.5. The predicted molar refractivity (Wildman–Crippen MR) is 111 cm³/mol. The smallest absolute Gasteiger partial charge is 0.228 e. The maximum Gasteiger partial charge on any atom is 0.228 e. The second-order valence-corrected chi connectivity index (χ2v) is 6.67. The lowest BCUT2D eigenvalue weighted by molar-refractivity contribution is -0.115. The SMILES string of the molecule is COc1cccc(CC(=O)Nc2ccccc2-c2cn3cccc(C)c3n2)c1. The number of imidazole rings is 1. The maximum absolute atomic E-state index is 12.6. The van der Waals surface area contributed by atoms with E-state index in [1.54, 1.807) is 7.11 Å². The third kappa shape index (κ3) is 3.60. The minimum absolute atomic E-state index is 0.0827. The fourth-order valence-electron chi connectivity index (χ4n) is 3.26. The third-order valence-electron chi connectivity index (χ3n) is 4.65. The summed E-state index contributed by atoms with van der Waals surface area (Å²) in [4.78, 5) is 17.4. The van der Waals surface area contributed by atoms with Crippen LogP contribution in [0.2, 0.25) is 0 Å². The van der Waals surface area contributed by atoms with Gasteiger partial charge in [-0.2, -0.15) is 0 Å². The van der Waals surface area contributed by atoms with E-state index in [4.69, 9.17) is 9.72 Å². The summed E-state index contributed by atoms with van der Waals surface area (Å²) >= 11 is 0. The van der Waals surface area contributed by atoms with Gasteiger partial charge in [-0.05, 0) is 42.3 Å². The summed E-state index contributed by atoms with van der Waals surface area (Å²) in [6.45, 7) is 2.04. The minimum Gasteiger partial charge on any atom is -0.497 e. The molecule has 0 unspecified atom stereocenters. The number of nitrogens with one attached hydrogen (secondary N) is 1. The number of methoxy groups -OCH3 is 1. The van der Waals surface area contributed by atoms with Gasteiger partial charge in [-0.1, -0.05) is 36.4 Å². The van der Waals surface area contributed by atoms with E-state index in [-0.39, 0.29) is 12.3 Å². The molecule has 4 aromatic rings. The lowest BCUT2D eigenvalue weighted by atomic mass is 10.1. The number of hydrogen-bond donors (Lipinski definition) is 1. The van der Waals surface area contributed by atoms with Crippen LogP contribution in [0.25, 0.3) is 16.9 Å². The molecule has 2 heterocycles. The molecule has 5 heteroatoms. The Balaban J connectivity index is 1.60. The average Bonchev–Trinajstić information content (AvgIpc) is 3.14. The zero-order valence-corrected chi connectivity index (χ0v) is 15.8. The standard InChI is InChI=1S/C23H21N3O2/c1-16-7-6-12-26-15-21(25-23(16)26)19-10-3-4-11-20(19)24-22(27)14-17-8-5-9-18(13-17)28-2/h3-13,15H,14H2,1-2H3,(H,24,27). The monoisotopic (exact) mass is 371 g/mol. The van der Waals surface area contributed by atoms with Gasteiger partial charge < -0.3 is 14.5 Å².